The van der Waals surface area contributed by atoms with Crippen molar-refractivity contribution < 1.29 is 4.74 Å². The van der Waals surface area contributed by atoms with Crippen LogP contribution in [0.3, 0.4) is 0 Å². The van der Waals surface area contributed by atoms with Crippen LogP contribution in [-0.2, 0) is 0 Å². The number of nitrogens with zero attached hydrogens (tertiary/aromatic N) is 3. The van der Waals surface area contributed by atoms with Gasteiger partial charge in [0.05, 0.1) is 18.5 Å². The maximum Gasteiger partial charge on any atom is 0.191 e. The molecule has 6 heteroatoms. The number of hydrazone groups is 1. The number of rotatable bonds is 6. The largest absolute Gasteiger partial charge is 0.497 e. The van der Waals surface area contributed by atoms with Gasteiger partial charge in [0.1, 0.15) is 11.5 Å². The highest BCUT2D eigenvalue weighted by Gasteiger charge is 2.16. The van der Waals surface area contributed by atoms with Gasteiger partial charge in [-0.1, -0.05) is 43.0 Å². The molecule has 2 aromatic carbocycles. The standard InChI is InChI=1S/C22H20N4OS/c1-16(17-8-4-3-5-9-17)21(20-10-6-7-15-24-20)25-26(22(23)28)18-11-13-19(27-2)14-12-18/h3-15H,1H2,2H3,(H2,23,28). The van der Waals surface area contributed by atoms with Gasteiger partial charge in [-0.3, -0.25) is 4.98 Å². The molecule has 0 saturated carbocycles. The third kappa shape index (κ3) is 4.42. The second-order valence-electron chi connectivity index (χ2n) is 5.86. The van der Waals surface area contributed by atoms with Crippen molar-refractivity contribution in [3.63, 3.8) is 0 Å². The van der Waals surface area contributed by atoms with E-state index in [0.29, 0.717) is 22.7 Å². The fourth-order valence-electron chi connectivity index (χ4n) is 2.60. The highest BCUT2D eigenvalue weighted by molar-refractivity contribution is 7.80. The van der Waals surface area contributed by atoms with Crippen LogP contribution in [-0.4, -0.2) is 22.9 Å². The molecule has 0 radical (unpaired) electrons. The van der Waals surface area contributed by atoms with E-state index in [0.717, 1.165) is 11.3 Å². The van der Waals surface area contributed by atoms with Gasteiger partial charge in [-0.25, -0.2) is 5.01 Å². The van der Waals surface area contributed by atoms with E-state index < -0.39 is 0 Å². The molecule has 3 aromatic rings. The van der Waals surface area contributed by atoms with E-state index in [2.05, 4.69) is 11.6 Å². The fraction of sp³-hybridized carbons (Fsp3) is 0.0455. The summed E-state index contributed by atoms with van der Waals surface area (Å²) < 4.78 is 5.21. The zero-order valence-corrected chi connectivity index (χ0v) is 16.3. The summed E-state index contributed by atoms with van der Waals surface area (Å²) in [6, 6.07) is 22.7. The van der Waals surface area contributed by atoms with Crippen molar-refractivity contribution in [2.75, 3.05) is 12.1 Å². The molecule has 0 unspecified atom stereocenters. The van der Waals surface area contributed by atoms with Crippen molar-refractivity contribution in [3.05, 3.63) is 96.8 Å². The van der Waals surface area contributed by atoms with Crippen LogP contribution in [0.2, 0.25) is 0 Å². The van der Waals surface area contributed by atoms with Gasteiger partial charge in [-0.15, -0.1) is 0 Å². The first-order chi connectivity index (χ1) is 13.6. The number of allylic oxidation sites excluding steroid dienone is 1. The maximum absolute atomic E-state index is 5.97. The van der Waals surface area contributed by atoms with Gasteiger partial charge in [0.15, 0.2) is 5.11 Å². The summed E-state index contributed by atoms with van der Waals surface area (Å²) in [6.07, 6.45) is 1.71. The summed E-state index contributed by atoms with van der Waals surface area (Å²) in [5.74, 6) is 0.731. The van der Waals surface area contributed by atoms with E-state index in [1.807, 2.05) is 72.8 Å². The van der Waals surface area contributed by atoms with Crippen molar-refractivity contribution in [2.45, 2.75) is 0 Å². The minimum absolute atomic E-state index is 0.111. The Kier molecular flexibility index (Phi) is 6.14. The van der Waals surface area contributed by atoms with Crippen LogP contribution in [0.5, 0.6) is 5.75 Å². The Morgan fingerprint density at radius 3 is 2.29 bits per heavy atom. The molecule has 1 heterocycles. The first-order valence-electron chi connectivity index (χ1n) is 8.58. The average Bonchev–Trinajstić information content (AvgIpc) is 2.75. The molecule has 0 saturated heterocycles. The van der Waals surface area contributed by atoms with Crippen molar-refractivity contribution in [2.24, 2.45) is 10.8 Å². The smallest absolute Gasteiger partial charge is 0.191 e. The third-order valence-electron chi connectivity index (χ3n) is 4.04. The molecule has 2 N–H and O–H groups in total. The summed E-state index contributed by atoms with van der Waals surface area (Å²) in [5, 5.41) is 6.33. The first kappa shape index (κ1) is 19.3. The van der Waals surface area contributed by atoms with Crippen molar-refractivity contribution in [1.82, 2.24) is 4.98 Å². The van der Waals surface area contributed by atoms with Gasteiger partial charge in [-0.2, -0.15) is 5.10 Å². The number of anilines is 1. The Morgan fingerprint density at radius 1 is 1.04 bits per heavy atom. The van der Waals surface area contributed by atoms with E-state index in [1.165, 1.54) is 5.01 Å². The molecule has 0 atom stereocenters. The van der Waals surface area contributed by atoms with Crippen molar-refractivity contribution in [1.29, 1.82) is 0 Å². The molecule has 140 valence electrons. The molecule has 0 fully saturated rings. The summed E-state index contributed by atoms with van der Waals surface area (Å²) in [6.45, 7) is 4.23. The number of hydrogen-bond acceptors (Lipinski definition) is 4. The van der Waals surface area contributed by atoms with Crippen LogP contribution >= 0.6 is 12.2 Å². The number of hydrogen-bond donors (Lipinski definition) is 1. The van der Waals surface area contributed by atoms with E-state index in [9.17, 15) is 0 Å². The summed E-state index contributed by atoms with van der Waals surface area (Å²) in [7, 11) is 1.61. The Labute approximate surface area is 169 Å². The van der Waals surface area contributed by atoms with Crippen LogP contribution in [0.25, 0.3) is 5.57 Å². The lowest BCUT2D eigenvalue weighted by molar-refractivity contribution is 0.415. The SMILES string of the molecule is C=C(C(=NN(C(N)=S)c1ccc(OC)cc1)c1ccccn1)c1ccccc1. The monoisotopic (exact) mass is 388 g/mol. The molecular weight excluding hydrogens is 368 g/mol. The normalized spacial score (nSPS) is 11.0. The van der Waals surface area contributed by atoms with E-state index in [-0.39, 0.29) is 5.11 Å². The molecule has 0 amide bonds. The number of methoxy groups -OCH3 is 1. The molecule has 0 aliphatic carbocycles. The van der Waals surface area contributed by atoms with Gasteiger partial charge >= 0.3 is 0 Å². The van der Waals surface area contributed by atoms with Crippen LogP contribution in [0.4, 0.5) is 5.69 Å². The predicted octanol–water partition coefficient (Wildman–Crippen LogP) is 4.26. The molecule has 0 bridgehead atoms. The minimum atomic E-state index is 0.111. The zero-order valence-electron chi connectivity index (χ0n) is 15.4. The number of ether oxygens (including phenoxy) is 1. The highest BCUT2D eigenvalue weighted by Crippen LogP contribution is 2.23. The molecule has 3 rings (SSSR count). The molecule has 0 aliphatic heterocycles. The molecule has 5 nitrogen and oxygen atoms in total. The second-order valence-corrected chi connectivity index (χ2v) is 6.27. The summed E-state index contributed by atoms with van der Waals surface area (Å²) >= 11 is 5.25. The minimum Gasteiger partial charge on any atom is -0.497 e. The predicted molar refractivity (Wildman–Crippen MR) is 119 cm³/mol. The van der Waals surface area contributed by atoms with Crippen LogP contribution < -0.4 is 15.5 Å². The Morgan fingerprint density at radius 2 is 1.71 bits per heavy atom. The van der Waals surface area contributed by atoms with Crippen molar-refractivity contribution >= 4 is 34.3 Å². The average molecular weight is 388 g/mol. The summed E-state index contributed by atoms with van der Waals surface area (Å²) in [5.41, 5.74) is 9.59. The second kappa shape index (κ2) is 8.92. The molecule has 1 aromatic heterocycles. The lowest BCUT2D eigenvalue weighted by Crippen LogP contribution is -2.32. The zero-order chi connectivity index (χ0) is 19.9. The third-order valence-corrected chi connectivity index (χ3v) is 4.21. The van der Waals surface area contributed by atoms with E-state index in [1.54, 1.807) is 13.3 Å². The number of nitrogens with two attached hydrogens (primary N) is 1. The van der Waals surface area contributed by atoms with Crippen LogP contribution in [0.15, 0.2) is 90.7 Å². The van der Waals surface area contributed by atoms with Gasteiger partial charge < -0.3 is 10.5 Å². The Balaban J connectivity index is 2.09. The topological polar surface area (TPSA) is 63.7 Å². The van der Waals surface area contributed by atoms with Crippen LogP contribution in [0, 0.1) is 0 Å². The Hall–Kier alpha value is -3.51. The van der Waals surface area contributed by atoms with Gasteiger partial charge in [-0.05, 0) is 54.2 Å². The quantitative estimate of drug-likeness (QED) is 0.388. The number of thiocarbonyl (C=S) groups is 1. The lowest BCUT2D eigenvalue weighted by atomic mass is 10.0. The first-order valence-corrected chi connectivity index (χ1v) is 8.99. The fourth-order valence-corrected chi connectivity index (χ4v) is 2.75. The number of pyridine rings is 1. The van der Waals surface area contributed by atoms with E-state index in [4.69, 9.17) is 27.8 Å². The van der Waals surface area contributed by atoms with Crippen LogP contribution in [0.1, 0.15) is 11.3 Å². The Bertz CT molecular complexity index is 986. The van der Waals surface area contributed by atoms with Gasteiger partial charge in [0.2, 0.25) is 0 Å². The number of benzene rings is 2. The maximum atomic E-state index is 5.97. The van der Waals surface area contributed by atoms with Gasteiger partial charge in [0.25, 0.3) is 0 Å². The number of aromatic nitrogens is 1. The van der Waals surface area contributed by atoms with Gasteiger partial charge in [0, 0.05) is 11.8 Å². The highest BCUT2D eigenvalue weighted by atomic mass is 32.1. The molecule has 0 aliphatic rings. The molecule has 28 heavy (non-hydrogen) atoms. The molecule has 0 spiro atoms. The van der Waals surface area contributed by atoms with Crippen molar-refractivity contribution in [3.8, 4) is 5.75 Å². The van der Waals surface area contributed by atoms with E-state index >= 15 is 0 Å². The lowest BCUT2D eigenvalue weighted by Gasteiger charge is -2.20. The summed E-state index contributed by atoms with van der Waals surface area (Å²) in [4.78, 5) is 4.44. The molecular formula is C22H20N4OS.